The SMILES string of the molecule is CC(C)c1ccc(OCC(=O)Nc2ccccc2OCCOc2ccccc2)cc1. The van der Waals surface area contributed by atoms with Crippen molar-refractivity contribution in [1.29, 1.82) is 0 Å². The van der Waals surface area contributed by atoms with E-state index in [1.165, 1.54) is 5.56 Å². The van der Waals surface area contributed by atoms with Crippen molar-refractivity contribution in [2.45, 2.75) is 19.8 Å². The summed E-state index contributed by atoms with van der Waals surface area (Å²) in [6.07, 6.45) is 0. The predicted molar refractivity (Wildman–Crippen MR) is 119 cm³/mol. The van der Waals surface area contributed by atoms with E-state index in [0.29, 0.717) is 36.3 Å². The van der Waals surface area contributed by atoms with Gasteiger partial charge in [0.1, 0.15) is 30.5 Å². The Labute approximate surface area is 177 Å². The summed E-state index contributed by atoms with van der Waals surface area (Å²) in [6, 6.07) is 24.7. The Morgan fingerprint density at radius 3 is 2.13 bits per heavy atom. The third-order valence-electron chi connectivity index (χ3n) is 4.43. The normalized spacial score (nSPS) is 10.5. The second-order valence-electron chi connectivity index (χ2n) is 7.07. The van der Waals surface area contributed by atoms with Crippen LogP contribution in [0, 0.1) is 0 Å². The minimum atomic E-state index is -0.250. The molecule has 0 heterocycles. The summed E-state index contributed by atoms with van der Waals surface area (Å²) in [4.78, 5) is 12.3. The quantitative estimate of drug-likeness (QED) is 0.466. The number of carbonyl (C=O) groups is 1. The van der Waals surface area contributed by atoms with Gasteiger partial charge in [-0.1, -0.05) is 56.3 Å². The lowest BCUT2D eigenvalue weighted by Crippen LogP contribution is -2.21. The van der Waals surface area contributed by atoms with Crippen LogP contribution in [0.2, 0.25) is 0 Å². The molecule has 0 unspecified atom stereocenters. The molecule has 0 aliphatic carbocycles. The molecule has 0 aliphatic heterocycles. The highest BCUT2D eigenvalue weighted by atomic mass is 16.5. The molecule has 0 aromatic heterocycles. The fraction of sp³-hybridized carbons (Fsp3) is 0.240. The number of amides is 1. The van der Waals surface area contributed by atoms with Gasteiger partial charge in [-0.25, -0.2) is 0 Å². The Morgan fingerprint density at radius 2 is 1.40 bits per heavy atom. The highest BCUT2D eigenvalue weighted by Gasteiger charge is 2.09. The summed E-state index contributed by atoms with van der Waals surface area (Å²) in [5.74, 6) is 2.25. The van der Waals surface area contributed by atoms with Crippen molar-refractivity contribution in [1.82, 2.24) is 0 Å². The molecule has 1 amide bonds. The van der Waals surface area contributed by atoms with Gasteiger partial charge in [-0.3, -0.25) is 4.79 Å². The largest absolute Gasteiger partial charge is 0.490 e. The van der Waals surface area contributed by atoms with Gasteiger partial charge in [0.05, 0.1) is 5.69 Å². The van der Waals surface area contributed by atoms with E-state index in [0.717, 1.165) is 5.75 Å². The van der Waals surface area contributed by atoms with Crippen LogP contribution >= 0.6 is 0 Å². The zero-order valence-electron chi connectivity index (χ0n) is 17.3. The lowest BCUT2D eigenvalue weighted by Gasteiger charge is -2.13. The monoisotopic (exact) mass is 405 g/mol. The number of anilines is 1. The van der Waals surface area contributed by atoms with Crippen molar-refractivity contribution in [3.05, 3.63) is 84.4 Å². The number of para-hydroxylation sites is 3. The van der Waals surface area contributed by atoms with Crippen LogP contribution in [0.1, 0.15) is 25.3 Å². The van der Waals surface area contributed by atoms with E-state index in [9.17, 15) is 4.79 Å². The van der Waals surface area contributed by atoms with Crippen LogP contribution in [0.3, 0.4) is 0 Å². The topological polar surface area (TPSA) is 56.8 Å². The first kappa shape index (κ1) is 21.2. The van der Waals surface area contributed by atoms with Crippen LogP contribution < -0.4 is 19.5 Å². The molecule has 5 heteroatoms. The van der Waals surface area contributed by atoms with Gasteiger partial charge in [0.2, 0.25) is 0 Å². The van der Waals surface area contributed by atoms with Gasteiger partial charge in [-0.05, 0) is 47.9 Å². The Kier molecular flexibility index (Phi) is 7.72. The molecule has 3 aromatic carbocycles. The fourth-order valence-electron chi connectivity index (χ4n) is 2.81. The van der Waals surface area contributed by atoms with Crippen molar-refractivity contribution in [3.63, 3.8) is 0 Å². The molecule has 30 heavy (non-hydrogen) atoms. The molecular formula is C25H27NO4. The van der Waals surface area contributed by atoms with Gasteiger partial charge in [0, 0.05) is 0 Å². The van der Waals surface area contributed by atoms with Gasteiger partial charge in [-0.2, -0.15) is 0 Å². The summed E-state index contributed by atoms with van der Waals surface area (Å²) >= 11 is 0. The van der Waals surface area contributed by atoms with Crippen molar-refractivity contribution >= 4 is 11.6 Å². The molecule has 0 atom stereocenters. The number of hydrogen-bond acceptors (Lipinski definition) is 4. The summed E-state index contributed by atoms with van der Waals surface area (Å²) in [5, 5.41) is 2.84. The number of ether oxygens (including phenoxy) is 3. The lowest BCUT2D eigenvalue weighted by atomic mass is 10.0. The average Bonchev–Trinajstić information content (AvgIpc) is 2.77. The molecule has 0 saturated carbocycles. The Hall–Kier alpha value is -3.47. The zero-order valence-corrected chi connectivity index (χ0v) is 17.3. The molecular weight excluding hydrogens is 378 g/mol. The van der Waals surface area contributed by atoms with Crippen LogP contribution in [-0.4, -0.2) is 25.7 Å². The van der Waals surface area contributed by atoms with Crippen LogP contribution in [-0.2, 0) is 4.79 Å². The van der Waals surface area contributed by atoms with Crippen molar-refractivity contribution < 1.29 is 19.0 Å². The maximum absolute atomic E-state index is 12.3. The Balaban J connectivity index is 1.46. The summed E-state index contributed by atoms with van der Waals surface area (Å²) in [5.41, 5.74) is 1.83. The number of rotatable bonds is 10. The van der Waals surface area contributed by atoms with Crippen LogP contribution in [0.15, 0.2) is 78.9 Å². The first-order valence-corrected chi connectivity index (χ1v) is 10.0. The molecule has 156 valence electrons. The number of nitrogens with one attached hydrogen (secondary N) is 1. The van der Waals surface area contributed by atoms with Gasteiger partial charge in [-0.15, -0.1) is 0 Å². The summed E-state index contributed by atoms with van der Waals surface area (Å²) in [7, 11) is 0. The predicted octanol–water partition coefficient (Wildman–Crippen LogP) is 5.29. The fourth-order valence-corrected chi connectivity index (χ4v) is 2.81. The van der Waals surface area contributed by atoms with E-state index >= 15 is 0 Å². The van der Waals surface area contributed by atoms with E-state index in [1.54, 1.807) is 6.07 Å². The third kappa shape index (κ3) is 6.55. The molecule has 1 N–H and O–H groups in total. The van der Waals surface area contributed by atoms with Crippen LogP contribution in [0.5, 0.6) is 17.2 Å². The minimum Gasteiger partial charge on any atom is -0.490 e. The zero-order chi connectivity index (χ0) is 21.2. The highest BCUT2D eigenvalue weighted by Crippen LogP contribution is 2.24. The molecule has 3 rings (SSSR count). The van der Waals surface area contributed by atoms with Crippen molar-refractivity contribution in [2.24, 2.45) is 0 Å². The standard InChI is InChI=1S/C25H27NO4/c1-19(2)20-12-14-22(15-13-20)30-18-25(27)26-23-10-6-7-11-24(23)29-17-16-28-21-8-4-3-5-9-21/h3-15,19H,16-18H2,1-2H3,(H,26,27). The van der Waals surface area contributed by atoms with Crippen LogP contribution in [0.4, 0.5) is 5.69 Å². The minimum absolute atomic E-state index is 0.0769. The van der Waals surface area contributed by atoms with E-state index in [2.05, 4.69) is 19.2 Å². The summed E-state index contributed by atoms with van der Waals surface area (Å²) < 4.78 is 17.0. The van der Waals surface area contributed by atoms with E-state index in [-0.39, 0.29) is 12.5 Å². The molecule has 0 aliphatic rings. The van der Waals surface area contributed by atoms with Crippen molar-refractivity contribution in [2.75, 3.05) is 25.1 Å². The first-order chi connectivity index (χ1) is 14.6. The number of hydrogen-bond donors (Lipinski definition) is 1. The molecule has 0 fully saturated rings. The average molecular weight is 405 g/mol. The molecule has 0 saturated heterocycles. The maximum atomic E-state index is 12.3. The second kappa shape index (κ2) is 10.9. The summed E-state index contributed by atoms with van der Waals surface area (Å²) in [6.45, 7) is 4.96. The lowest BCUT2D eigenvalue weighted by molar-refractivity contribution is -0.118. The Bertz CT molecular complexity index is 923. The van der Waals surface area contributed by atoms with Gasteiger partial charge < -0.3 is 19.5 Å². The van der Waals surface area contributed by atoms with Crippen molar-refractivity contribution in [3.8, 4) is 17.2 Å². The maximum Gasteiger partial charge on any atom is 0.262 e. The molecule has 0 bridgehead atoms. The first-order valence-electron chi connectivity index (χ1n) is 10.0. The molecule has 0 radical (unpaired) electrons. The van der Waals surface area contributed by atoms with Gasteiger partial charge in [0.25, 0.3) is 5.91 Å². The highest BCUT2D eigenvalue weighted by molar-refractivity contribution is 5.93. The number of carbonyl (C=O) groups excluding carboxylic acids is 1. The van der Waals surface area contributed by atoms with E-state index in [1.807, 2.05) is 72.8 Å². The van der Waals surface area contributed by atoms with Crippen LogP contribution in [0.25, 0.3) is 0 Å². The Morgan fingerprint density at radius 1 is 0.767 bits per heavy atom. The molecule has 5 nitrogen and oxygen atoms in total. The number of benzene rings is 3. The van der Waals surface area contributed by atoms with E-state index < -0.39 is 0 Å². The smallest absolute Gasteiger partial charge is 0.262 e. The van der Waals surface area contributed by atoms with Gasteiger partial charge in [0.15, 0.2) is 6.61 Å². The third-order valence-corrected chi connectivity index (χ3v) is 4.43. The molecule has 3 aromatic rings. The van der Waals surface area contributed by atoms with E-state index in [4.69, 9.17) is 14.2 Å². The molecule has 0 spiro atoms. The second-order valence-corrected chi connectivity index (χ2v) is 7.07. The van der Waals surface area contributed by atoms with Gasteiger partial charge >= 0.3 is 0 Å².